The summed E-state index contributed by atoms with van der Waals surface area (Å²) in [6, 6.07) is 14.6. The molecule has 2 N–H and O–H groups in total. The molecular weight excluding hydrogens is 442 g/mol. The van der Waals surface area contributed by atoms with E-state index in [-0.39, 0.29) is 16.4 Å². The molecule has 0 radical (unpaired) electrons. The average molecular weight is 470 g/mol. The van der Waals surface area contributed by atoms with Crippen molar-refractivity contribution in [3.8, 4) is 5.75 Å². The van der Waals surface area contributed by atoms with Crippen molar-refractivity contribution in [2.45, 2.75) is 43.9 Å². The molecule has 0 aliphatic rings. The van der Waals surface area contributed by atoms with Crippen LogP contribution in [0.4, 0.5) is 5.95 Å². The van der Waals surface area contributed by atoms with E-state index in [2.05, 4.69) is 45.9 Å². The Balaban J connectivity index is 1.50. The molecule has 174 valence electrons. The zero-order chi connectivity index (χ0) is 23.7. The van der Waals surface area contributed by atoms with E-state index < -0.39 is 16.0 Å². The lowest BCUT2D eigenvalue weighted by molar-refractivity contribution is 0.0696. The lowest BCUT2D eigenvalue weighted by Crippen LogP contribution is -2.15. The van der Waals surface area contributed by atoms with Crippen LogP contribution in [-0.2, 0) is 22.9 Å². The van der Waals surface area contributed by atoms with Gasteiger partial charge in [-0.05, 0) is 48.2 Å². The van der Waals surface area contributed by atoms with Crippen LogP contribution in [0, 0.1) is 0 Å². The number of aryl methyl sites for hydroxylation is 1. The second-order valence-corrected chi connectivity index (χ2v) is 9.23. The second-order valence-electron chi connectivity index (χ2n) is 7.55. The highest BCUT2D eigenvalue weighted by Crippen LogP contribution is 2.18. The van der Waals surface area contributed by atoms with Gasteiger partial charge in [0, 0.05) is 18.8 Å². The molecule has 0 unspecified atom stereocenters. The monoisotopic (exact) mass is 469 g/mol. The Hall–Kier alpha value is -3.46. The van der Waals surface area contributed by atoms with Crippen molar-refractivity contribution >= 4 is 21.9 Å². The maximum Gasteiger partial charge on any atom is 0.338 e. The predicted octanol–water partition coefficient (Wildman–Crippen LogP) is 4.33. The number of hydrogen-bond acceptors (Lipinski definition) is 6. The fraction of sp³-hybridized carbons (Fsp3) is 0.292. The summed E-state index contributed by atoms with van der Waals surface area (Å²) in [6.45, 7) is 2.68. The van der Waals surface area contributed by atoms with Crippen molar-refractivity contribution in [3.05, 3.63) is 77.6 Å². The van der Waals surface area contributed by atoms with Crippen molar-refractivity contribution < 1.29 is 23.1 Å². The number of hydrogen-bond donors (Lipinski definition) is 2. The molecule has 2 aromatic carbocycles. The Kier molecular flexibility index (Phi) is 8.37. The van der Waals surface area contributed by atoms with Crippen LogP contribution in [0.5, 0.6) is 5.75 Å². The molecule has 0 atom stereocenters. The van der Waals surface area contributed by atoms with E-state index in [9.17, 15) is 13.2 Å². The molecule has 0 fully saturated rings. The number of carboxylic acids is 1. The first kappa shape index (κ1) is 24.2. The molecule has 0 bridgehead atoms. The van der Waals surface area contributed by atoms with Crippen molar-refractivity contribution in [1.29, 1.82) is 0 Å². The quantitative estimate of drug-likeness (QED) is 0.379. The first-order valence-electron chi connectivity index (χ1n) is 10.8. The normalized spacial score (nSPS) is 11.2. The minimum Gasteiger partial charge on any atom is -0.493 e. The zero-order valence-electron chi connectivity index (χ0n) is 18.4. The summed E-state index contributed by atoms with van der Waals surface area (Å²) in [6.07, 6.45) is 7.60. The number of nitrogens with one attached hydrogen (secondary N) is 1. The smallest absolute Gasteiger partial charge is 0.338 e. The fourth-order valence-electron chi connectivity index (χ4n) is 3.12. The number of aromatic nitrogens is 2. The van der Waals surface area contributed by atoms with Crippen LogP contribution < -0.4 is 9.46 Å². The minimum atomic E-state index is -3.92. The molecule has 8 nitrogen and oxygen atoms in total. The third-order valence-corrected chi connectivity index (χ3v) is 6.35. The third kappa shape index (κ3) is 7.28. The van der Waals surface area contributed by atoms with Crippen LogP contribution in [0.3, 0.4) is 0 Å². The van der Waals surface area contributed by atoms with E-state index in [0.717, 1.165) is 25.2 Å². The lowest BCUT2D eigenvalue weighted by atomic mass is 10.0. The zero-order valence-corrected chi connectivity index (χ0v) is 19.2. The third-order valence-electron chi connectivity index (χ3n) is 5.01. The molecule has 0 saturated heterocycles. The van der Waals surface area contributed by atoms with E-state index in [1.165, 1.54) is 42.5 Å². The summed E-state index contributed by atoms with van der Waals surface area (Å²) in [5.41, 5.74) is 2.40. The summed E-state index contributed by atoms with van der Waals surface area (Å²) in [5, 5.41) is 8.86. The van der Waals surface area contributed by atoms with Gasteiger partial charge in [0.15, 0.2) is 0 Å². The van der Waals surface area contributed by atoms with Gasteiger partial charge < -0.3 is 9.84 Å². The number of sulfonamides is 1. The number of carboxylic acid groups (broad SMARTS) is 1. The van der Waals surface area contributed by atoms with Crippen LogP contribution in [-0.4, -0.2) is 36.1 Å². The Morgan fingerprint density at radius 3 is 2.12 bits per heavy atom. The number of benzene rings is 2. The molecule has 9 heteroatoms. The number of aromatic carboxylic acids is 1. The molecule has 1 aromatic heterocycles. The van der Waals surface area contributed by atoms with Gasteiger partial charge in [0.05, 0.1) is 17.1 Å². The topological polar surface area (TPSA) is 118 Å². The van der Waals surface area contributed by atoms with Crippen molar-refractivity contribution in [2.75, 3.05) is 11.3 Å². The summed E-state index contributed by atoms with van der Waals surface area (Å²) in [4.78, 5) is 18.3. The molecule has 0 spiro atoms. The molecular formula is C24H27N3O5S. The molecule has 0 saturated carbocycles. The Bertz CT molecular complexity index is 1150. The number of anilines is 1. The van der Waals surface area contributed by atoms with Crippen LogP contribution in [0.1, 0.15) is 47.7 Å². The molecule has 0 aliphatic carbocycles. The van der Waals surface area contributed by atoms with Gasteiger partial charge in [-0.3, -0.25) is 0 Å². The van der Waals surface area contributed by atoms with Gasteiger partial charge in [-0.25, -0.2) is 27.9 Å². The minimum absolute atomic E-state index is 0.0134. The number of ether oxygens (including phenoxy) is 1. The highest BCUT2D eigenvalue weighted by Gasteiger charge is 2.16. The van der Waals surface area contributed by atoms with Gasteiger partial charge in [0.1, 0.15) is 5.75 Å². The summed E-state index contributed by atoms with van der Waals surface area (Å²) in [7, 11) is -3.92. The van der Waals surface area contributed by atoms with E-state index >= 15 is 0 Å². The van der Waals surface area contributed by atoms with Crippen LogP contribution in [0.25, 0.3) is 0 Å². The molecule has 1 heterocycles. The Morgan fingerprint density at radius 2 is 1.55 bits per heavy atom. The van der Waals surface area contributed by atoms with Crippen LogP contribution in [0.15, 0.2) is 65.8 Å². The van der Waals surface area contributed by atoms with E-state index in [1.807, 2.05) is 0 Å². The van der Waals surface area contributed by atoms with Gasteiger partial charge in [-0.2, -0.15) is 0 Å². The van der Waals surface area contributed by atoms with Crippen LogP contribution >= 0.6 is 0 Å². The fourth-order valence-corrected chi connectivity index (χ4v) is 4.08. The second kappa shape index (κ2) is 11.4. The predicted molar refractivity (Wildman–Crippen MR) is 125 cm³/mol. The number of unbranched alkanes of at least 4 members (excludes halogenated alkanes) is 2. The van der Waals surface area contributed by atoms with Gasteiger partial charge in [0.25, 0.3) is 10.0 Å². The van der Waals surface area contributed by atoms with Crippen molar-refractivity contribution in [1.82, 2.24) is 9.97 Å². The Morgan fingerprint density at radius 1 is 0.939 bits per heavy atom. The van der Waals surface area contributed by atoms with Gasteiger partial charge in [0.2, 0.25) is 5.95 Å². The molecule has 0 aliphatic heterocycles. The van der Waals surface area contributed by atoms with E-state index in [1.54, 1.807) is 12.1 Å². The molecule has 3 rings (SSSR count). The maximum absolute atomic E-state index is 12.5. The highest BCUT2D eigenvalue weighted by molar-refractivity contribution is 7.92. The molecule has 33 heavy (non-hydrogen) atoms. The lowest BCUT2D eigenvalue weighted by Gasteiger charge is -2.09. The summed E-state index contributed by atoms with van der Waals surface area (Å²) < 4.78 is 33.0. The SMILES string of the molecule is CCCCCc1ccc(CCOc2ccc(S(=O)(=O)Nc3ncc(C(=O)O)cn3)cc2)cc1. The van der Waals surface area contributed by atoms with Crippen molar-refractivity contribution in [3.63, 3.8) is 0 Å². The van der Waals surface area contributed by atoms with Gasteiger partial charge in [-0.15, -0.1) is 0 Å². The van der Waals surface area contributed by atoms with E-state index in [0.29, 0.717) is 12.4 Å². The van der Waals surface area contributed by atoms with Crippen molar-refractivity contribution in [2.24, 2.45) is 0 Å². The largest absolute Gasteiger partial charge is 0.493 e. The first-order valence-corrected chi connectivity index (χ1v) is 12.2. The van der Waals surface area contributed by atoms with E-state index in [4.69, 9.17) is 9.84 Å². The molecule has 0 amide bonds. The maximum atomic E-state index is 12.5. The Labute approximate surface area is 193 Å². The van der Waals surface area contributed by atoms with Gasteiger partial charge in [-0.1, -0.05) is 44.0 Å². The molecule has 3 aromatic rings. The first-order chi connectivity index (χ1) is 15.9. The summed E-state index contributed by atoms with van der Waals surface area (Å²) in [5.74, 6) is -0.844. The average Bonchev–Trinajstić information content (AvgIpc) is 2.81. The number of rotatable bonds is 12. The van der Waals surface area contributed by atoms with Crippen LogP contribution in [0.2, 0.25) is 0 Å². The van der Waals surface area contributed by atoms with Gasteiger partial charge >= 0.3 is 5.97 Å². The number of carbonyl (C=O) groups is 1. The number of nitrogens with zero attached hydrogens (tertiary/aromatic N) is 2. The highest BCUT2D eigenvalue weighted by atomic mass is 32.2. The summed E-state index contributed by atoms with van der Waals surface area (Å²) >= 11 is 0. The standard InChI is InChI=1S/C24H27N3O5S/c1-2-3-4-5-18-6-8-19(9-7-18)14-15-32-21-10-12-22(13-11-21)33(30,31)27-24-25-16-20(17-26-24)23(28)29/h6-13,16-17H,2-5,14-15H2,1H3,(H,28,29)(H,25,26,27).